The number of carbonyl (C=O) groups excluding carboxylic acids is 1. The van der Waals surface area contributed by atoms with Crippen molar-refractivity contribution in [3.8, 4) is 0 Å². The third-order valence-electron chi connectivity index (χ3n) is 4.03. The van der Waals surface area contributed by atoms with E-state index in [1.54, 1.807) is 0 Å². The van der Waals surface area contributed by atoms with E-state index in [4.69, 9.17) is 5.73 Å². The molecule has 2 rings (SSSR count). The summed E-state index contributed by atoms with van der Waals surface area (Å²) < 4.78 is 0. The molecule has 1 heterocycles. The predicted octanol–water partition coefficient (Wildman–Crippen LogP) is 2.65. The molecule has 0 unspecified atom stereocenters. The van der Waals surface area contributed by atoms with Crippen LogP contribution in [0.3, 0.4) is 0 Å². The van der Waals surface area contributed by atoms with Gasteiger partial charge in [-0.05, 0) is 51.7 Å². The number of amides is 1. The summed E-state index contributed by atoms with van der Waals surface area (Å²) in [7, 11) is 0. The number of hydrogen-bond acceptors (Lipinski definition) is 2. The number of carbonyl (C=O) groups is 1. The average molecular weight is 260 g/mol. The lowest BCUT2D eigenvalue weighted by Crippen LogP contribution is -2.51. The summed E-state index contributed by atoms with van der Waals surface area (Å²) >= 11 is 0. The van der Waals surface area contributed by atoms with Crippen molar-refractivity contribution in [1.29, 1.82) is 0 Å². The Morgan fingerprint density at radius 3 is 2.74 bits per heavy atom. The predicted molar refractivity (Wildman–Crippen MR) is 78.2 cm³/mol. The molecule has 1 saturated heterocycles. The Bertz CT molecular complexity index is 468. The molecule has 0 bridgehead atoms. The van der Waals surface area contributed by atoms with Crippen molar-refractivity contribution in [2.75, 3.05) is 6.54 Å². The van der Waals surface area contributed by atoms with E-state index in [1.165, 1.54) is 12.0 Å². The van der Waals surface area contributed by atoms with Crippen molar-refractivity contribution in [3.05, 3.63) is 34.9 Å². The summed E-state index contributed by atoms with van der Waals surface area (Å²) in [5.41, 5.74) is 9.11. The van der Waals surface area contributed by atoms with Gasteiger partial charge in [-0.1, -0.05) is 17.7 Å². The molecular formula is C16H24N2O. The fourth-order valence-electron chi connectivity index (χ4n) is 2.96. The standard InChI is InChI=1S/C16H24N2O/c1-11-7-8-14(12(2)10-11)16(19)18-9-5-4-6-15(18)13(3)17/h7-8,10,13,15H,4-6,9,17H2,1-3H3/t13-,15-/m1/s1. The van der Waals surface area contributed by atoms with Crippen LogP contribution in [0.2, 0.25) is 0 Å². The van der Waals surface area contributed by atoms with Gasteiger partial charge in [0, 0.05) is 24.2 Å². The highest BCUT2D eigenvalue weighted by molar-refractivity contribution is 5.96. The molecule has 3 heteroatoms. The topological polar surface area (TPSA) is 46.3 Å². The maximum absolute atomic E-state index is 12.7. The molecule has 104 valence electrons. The van der Waals surface area contributed by atoms with Gasteiger partial charge < -0.3 is 10.6 Å². The Morgan fingerprint density at radius 1 is 1.37 bits per heavy atom. The van der Waals surface area contributed by atoms with E-state index in [9.17, 15) is 4.79 Å². The normalized spacial score (nSPS) is 21.3. The lowest BCUT2D eigenvalue weighted by molar-refractivity contribution is 0.0583. The Morgan fingerprint density at radius 2 is 2.11 bits per heavy atom. The minimum atomic E-state index is 0.0370. The van der Waals surface area contributed by atoms with Crippen LogP contribution < -0.4 is 5.73 Å². The molecule has 0 saturated carbocycles. The first-order chi connectivity index (χ1) is 9.00. The number of piperidine rings is 1. The first-order valence-corrected chi connectivity index (χ1v) is 7.14. The molecule has 1 aliphatic rings. The summed E-state index contributed by atoms with van der Waals surface area (Å²) in [6.45, 7) is 6.88. The van der Waals surface area contributed by atoms with Gasteiger partial charge in [0.25, 0.3) is 5.91 Å². The molecule has 0 aliphatic carbocycles. The van der Waals surface area contributed by atoms with Crippen molar-refractivity contribution < 1.29 is 4.79 Å². The Balaban J connectivity index is 2.26. The molecular weight excluding hydrogens is 236 g/mol. The molecule has 19 heavy (non-hydrogen) atoms. The zero-order valence-corrected chi connectivity index (χ0v) is 12.1. The molecule has 1 aromatic rings. The van der Waals surface area contributed by atoms with E-state index in [0.29, 0.717) is 0 Å². The fraction of sp³-hybridized carbons (Fsp3) is 0.562. The number of nitrogens with two attached hydrogens (primary N) is 1. The SMILES string of the molecule is Cc1ccc(C(=O)N2CCCC[C@@H]2[C@@H](C)N)c(C)c1. The molecule has 1 amide bonds. The monoisotopic (exact) mass is 260 g/mol. The van der Waals surface area contributed by atoms with E-state index < -0.39 is 0 Å². The Hall–Kier alpha value is -1.35. The average Bonchev–Trinajstić information content (AvgIpc) is 2.38. The second-order valence-corrected chi connectivity index (χ2v) is 5.74. The van der Waals surface area contributed by atoms with Crippen molar-refractivity contribution in [3.63, 3.8) is 0 Å². The van der Waals surface area contributed by atoms with E-state index in [0.717, 1.165) is 30.5 Å². The van der Waals surface area contributed by atoms with Crippen LogP contribution >= 0.6 is 0 Å². The van der Waals surface area contributed by atoms with Gasteiger partial charge >= 0.3 is 0 Å². The molecule has 2 atom stereocenters. The number of nitrogens with zero attached hydrogens (tertiary/aromatic N) is 1. The highest BCUT2D eigenvalue weighted by Crippen LogP contribution is 2.23. The van der Waals surface area contributed by atoms with Crippen LogP contribution in [0.5, 0.6) is 0 Å². The summed E-state index contributed by atoms with van der Waals surface area (Å²) in [6.07, 6.45) is 3.27. The molecule has 1 fully saturated rings. The van der Waals surface area contributed by atoms with Crippen molar-refractivity contribution >= 4 is 5.91 Å². The maximum atomic E-state index is 12.7. The number of hydrogen-bond donors (Lipinski definition) is 1. The van der Waals surface area contributed by atoms with Gasteiger partial charge in [-0.2, -0.15) is 0 Å². The quantitative estimate of drug-likeness (QED) is 0.888. The third kappa shape index (κ3) is 2.98. The third-order valence-corrected chi connectivity index (χ3v) is 4.03. The van der Waals surface area contributed by atoms with Crippen LogP contribution in [0.1, 0.15) is 47.7 Å². The molecule has 2 N–H and O–H groups in total. The number of benzene rings is 1. The van der Waals surface area contributed by atoms with Gasteiger partial charge in [-0.15, -0.1) is 0 Å². The molecule has 0 aromatic heterocycles. The minimum Gasteiger partial charge on any atom is -0.334 e. The summed E-state index contributed by atoms with van der Waals surface area (Å²) in [6, 6.07) is 6.24. The maximum Gasteiger partial charge on any atom is 0.254 e. The minimum absolute atomic E-state index is 0.0370. The molecule has 0 spiro atoms. The van der Waals surface area contributed by atoms with Crippen molar-refractivity contribution in [1.82, 2.24) is 4.90 Å². The van der Waals surface area contributed by atoms with Gasteiger partial charge in [0.05, 0.1) is 0 Å². The van der Waals surface area contributed by atoms with E-state index in [1.807, 2.05) is 37.8 Å². The molecule has 3 nitrogen and oxygen atoms in total. The van der Waals surface area contributed by atoms with Crippen LogP contribution in [0, 0.1) is 13.8 Å². The molecule has 0 radical (unpaired) electrons. The highest BCUT2D eigenvalue weighted by Gasteiger charge is 2.30. The zero-order chi connectivity index (χ0) is 14.0. The van der Waals surface area contributed by atoms with Gasteiger partial charge in [-0.3, -0.25) is 4.79 Å². The fourth-order valence-corrected chi connectivity index (χ4v) is 2.96. The van der Waals surface area contributed by atoms with Gasteiger partial charge in [-0.25, -0.2) is 0 Å². The first-order valence-electron chi connectivity index (χ1n) is 7.14. The summed E-state index contributed by atoms with van der Waals surface area (Å²) in [5.74, 6) is 0.138. The first kappa shape index (κ1) is 14.1. The van der Waals surface area contributed by atoms with Crippen LogP contribution in [0.25, 0.3) is 0 Å². The number of aryl methyl sites for hydroxylation is 2. The van der Waals surface area contributed by atoms with Gasteiger partial charge in [0.15, 0.2) is 0 Å². The molecule has 1 aromatic carbocycles. The number of likely N-dealkylation sites (tertiary alicyclic amines) is 1. The smallest absolute Gasteiger partial charge is 0.254 e. The Kier molecular flexibility index (Phi) is 4.25. The van der Waals surface area contributed by atoms with Crippen LogP contribution in [0.15, 0.2) is 18.2 Å². The molecule has 1 aliphatic heterocycles. The van der Waals surface area contributed by atoms with E-state index in [-0.39, 0.29) is 18.0 Å². The van der Waals surface area contributed by atoms with Crippen LogP contribution in [-0.4, -0.2) is 29.4 Å². The second kappa shape index (κ2) is 5.74. The second-order valence-electron chi connectivity index (χ2n) is 5.74. The highest BCUT2D eigenvalue weighted by atomic mass is 16.2. The number of rotatable bonds is 2. The van der Waals surface area contributed by atoms with Gasteiger partial charge in [0.2, 0.25) is 0 Å². The lowest BCUT2D eigenvalue weighted by Gasteiger charge is -2.38. The van der Waals surface area contributed by atoms with Crippen LogP contribution in [0.4, 0.5) is 0 Å². The largest absolute Gasteiger partial charge is 0.334 e. The van der Waals surface area contributed by atoms with E-state index >= 15 is 0 Å². The van der Waals surface area contributed by atoms with Crippen LogP contribution in [-0.2, 0) is 0 Å². The lowest BCUT2D eigenvalue weighted by atomic mass is 9.95. The zero-order valence-electron chi connectivity index (χ0n) is 12.1. The van der Waals surface area contributed by atoms with Crippen molar-refractivity contribution in [2.24, 2.45) is 5.73 Å². The Labute approximate surface area is 115 Å². The van der Waals surface area contributed by atoms with Crippen molar-refractivity contribution in [2.45, 2.75) is 52.1 Å². The summed E-state index contributed by atoms with van der Waals surface area (Å²) in [5, 5.41) is 0. The summed E-state index contributed by atoms with van der Waals surface area (Å²) in [4.78, 5) is 14.7. The van der Waals surface area contributed by atoms with E-state index in [2.05, 4.69) is 6.07 Å². The van der Waals surface area contributed by atoms with Gasteiger partial charge in [0.1, 0.15) is 0 Å².